The molecule has 0 saturated heterocycles. The summed E-state index contributed by atoms with van der Waals surface area (Å²) < 4.78 is 0. The molecule has 0 bridgehead atoms. The number of anilines is 2. The Kier molecular flexibility index (Phi) is 5.46. The first-order chi connectivity index (χ1) is 8.49. The summed E-state index contributed by atoms with van der Waals surface area (Å²) in [5.41, 5.74) is 2.39. The van der Waals surface area contributed by atoms with Crippen LogP contribution in [0.1, 0.15) is 6.42 Å². The Hall–Kier alpha value is -1.24. The standard InChI is InChI=1S/C10H15Cl2N5O/c1-14-8(18)3-4-17(2)10-7(12)5-6(11)9(15-10)16-13/h5H,3-4,13H2,1-2H3,(H,14,18)(H,15,16). The zero-order valence-electron chi connectivity index (χ0n) is 10.1. The zero-order valence-corrected chi connectivity index (χ0v) is 11.6. The minimum Gasteiger partial charge on any atom is -0.359 e. The van der Waals surface area contributed by atoms with Crippen molar-refractivity contribution in [2.45, 2.75) is 6.42 Å². The molecule has 100 valence electrons. The molecule has 0 spiro atoms. The number of hydrazine groups is 1. The second-order valence-corrected chi connectivity index (χ2v) is 4.43. The molecule has 18 heavy (non-hydrogen) atoms. The second-order valence-electron chi connectivity index (χ2n) is 3.61. The predicted octanol–water partition coefficient (Wildman–Crippen LogP) is 1.25. The number of nitrogen functional groups attached to an aromatic ring is 1. The highest BCUT2D eigenvalue weighted by atomic mass is 35.5. The van der Waals surface area contributed by atoms with Crippen LogP contribution < -0.4 is 21.5 Å². The molecule has 0 aliphatic rings. The fourth-order valence-corrected chi connectivity index (χ4v) is 1.88. The maximum Gasteiger partial charge on any atom is 0.221 e. The fraction of sp³-hybridized carbons (Fsp3) is 0.400. The highest BCUT2D eigenvalue weighted by molar-refractivity contribution is 6.37. The van der Waals surface area contributed by atoms with Crippen LogP contribution in [0.2, 0.25) is 10.0 Å². The molecule has 0 aromatic carbocycles. The van der Waals surface area contributed by atoms with E-state index in [1.165, 1.54) is 0 Å². The molecule has 0 unspecified atom stereocenters. The Morgan fingerprint density at radius 3 is 2.72 bits per heavy atom. The molecule has 6 nitrogen and oxygen atoms in total. The van der Waals surface area contributed by atoms with Gasteiger partial charge in [0.2, 0.25) is 5.91 Å². The van der Waals surface area contributed by atoms with Crippen LogP contribution in [0.5, 0.6) is 0 Å². The number of nitrogens with one attached hydrogen (secondary N) is 2. The van der Waals surface area contributed by atoms with Crippen LogP contribution in [-0.2, 0) is 4.79 Å². The Morgan fingerprint density at radius 2 is 2.17 bits per heavy atom. The Bertz CT molecular complexity index is 441. The van der Waals surface area contributed by atoms with Gasteiger partial charge in [-0.05, 0) is 6.07 Å². The Labute approximate surface area is 115 Å². The molecule has 0 fully saturated rings. The molecule has 8 heteroatoms. The summed E-state index contributed by atoms with van der Waals surface area (Å²) in [7, 11) is 3.37. The molecule has 1 amide bonds. The molecule has 0 atom stereocenters. The highest BCUT2D eigenvalue weighted by Gasteiger charge is 2.13. The van der Waals surface area contributed by atoms with Gasteiger partial charge in [0, 0.05) is 27.1 Å². The van der Waals surface area contributed by atoms with E-state index in [1.54, 1.807) is 25.1 Å². The summed E-state index contributed by atoms with van der Waals surface area (Å²) in [5, 5.41) is 3.29. The van der Waals surface area contributed by atoms with Gasteiger partial charge in [0.25, 0.3) is 0 Å². The number of hydrogen-bond acceptors (Lipinski definition) is 5. The first-order valence-corrected chi connectivity index (χ1v) is 5.99. The minimum atomic E-state index is -0.0518. The van der Waals surface area contributed by atoms with Crippen LogP contribution in [0, 0.1) is 0 Å². The quantitative estimate of drug-likeness (QED) is 0.562. The third-order valence-electron chi connectivity index (χ3n) is 2.36. The van der Waals surface area contributed by atoms with Crippen LogP contribution in [-0.4, -0.2) is 31.5 Å². The van der Waals surface area contributed by atoms with Gasteiger partial charge in [-0.3, -0.25) is 4.79 Å². The molecule has 0 aliphatic heterocycles. The van der Waals surface area contributed by atoms with Crippen LogP contribution in [0.3, 0.4) is 0 Å². The third-order valence-corrected chi connectivity index (χ3v) is 2.93. The molecular weight excluding hydrogens is 277 g/mol. The van der Waals surface area contributed by atoms with E-state index in [0.29, 0.717) is 34.6 Å². The van der Waals surface area contributed by atoms with Crippen molar-refractivity contribution in [2.75, 3.05) is 31.0 Å². The van der Waals surface area contributed by atoms with Crippen molar-refractivity contribution < 1.29 is 4.79 Å². The topological polar surface area (TPSA) is 83.3 Å². The van der Waals surface area contributed by atoms with Gasteiger partial charge in [0.05, 0.1) is 10.0 Å². The molecule has 0 saturated carbocycles. The van der Waals surface area contributed by atoms with Gasteiger partial charge in [-0.15, -0.1) is 0 Å². The smallest absolute Gasteiger partial charge is 0.221 e. The van der Waals surface area contributed by atoms with E-state index in [2.05, 4.69) is 15.7 Å². The lowest BCUT2D eigenvalue weighted by Gasteiger charge is -2.20. The summed E-state index contributed by atoms with van der Waals surface area (Å²) in [6, 6.07) is 1.55. The zero-order chi connectivity index (χ0) is 13.7. The summed E-state index contributed by atoms with van der Waals surface area (Å²) in [5.74, 6) is 6.09. The summed E-state index contributed by atoms with van der Waals surface area (Å²) in [6.45, 7) is 0.484. The Morgan fingerprint density at radius 1 is 1.50 bits per heavy atom. The largest absolute Gasteiger partial charge is 0.359 e. The number of nitrogens with two attached hydrogens (primary N) is 1. The van der Waals surface area contributed by atoms with E-state index >= 15 is 0 Å². The lowest BCUT2D eigenvalue weighted by Crippen LogP contribution is -2.27. The number of pyridine rings is 1. The van der Waals surface area contributed by atoms with E-state index in [-0.39, 0.29) is 5.91 Å². The van der Waals surface area contributed by atoms with E-state index < -0.39 is 0 Å². The van der Waals surface area contributed by atoms with Crippen LogP contribution >= 0.6 is 23.2 Å². The number of rotatable bonds is 5. The summed E-state index contributed by atoms with van der Waals surface area (Å²) >= 11 is 11.9. The van der Waals surface area contributed by atoms with Crippen molar-refractivity contribution in [3.63, 3.8) is 0 Å². The first-order valence-electron chi connectivity index (χ1n) is 5.24. The van der Waals surface area contributed by atoms with Gasteiger partial charge < -0.3 is 15.6 Å². The van der Waals surface area contributed by atoms with E-state index in [1.807, 2.05) is 0 Å². The van der Waals surface area contributed by atoms with Crippen LogP contribution in [0.4, 0.5) is 11.6 Å². The number of aromatic nitrogens is 1. The van der Waals surface area contributed by atoms with Gasteiger partial charge in [-0.2, -0.15) is 0 Å². The van der Waals surface area contributed by atoms with Crippen molar-refractivity contribution in [1.82, 2.24) is 10.3 Å². The maximum atomic E-state index is 11.2. The molecule has 1 aromatic rings. The van der Waals surface area contributed by atoms with Gasteiger partial charge in [0.1, 0.15) is 5.82 Å². The van der Waals surface area contributed by atoms with Crippen molar-refractivity contribution in [3.05, 3.63) is 16.1 Å². The summed E-state index contributed by atoms with van der Waals surface area (Å²) in [4.78, 5) is 17.1. The average Bonchev–Trinajstić information content (AvgIpc) is 2.35. The van der Waals surface area contributed by atoms with Crippen molar-refractivity contribution in [3.8, 4) is 0 Å². The van der Waals surface area contributed by atoms with Crippen molar-refractivity contribution in [2.24, 2.45) is 5.84 Å². The molecule has 0 radical (unpaired) electrons. The first kappa shape index (κ1) is 14.8. The number of nitrogens with zero attached hydrogens (tertiary/aromatic N) is 2. The molecule has 1 heterocycles. The minimum absolute atomic E-state index is 0.0518. The normalized spacial score (nSPS) is 10.1. The van der Waals surface area contributed by atoms with Gasteiger partial charge >= 0.3 is 0 Å². The third kappa shape index (κ3) is 3.63. The van der Waals surface area contributed by atoms with E-state index in [9.17, 15) is 4.79 Å². The summed E-state index contributed by atoms with van der Waals surface area (Å²) in [6.07, 6.45) is 0.346. The average molecular weight is 292 g/mol. The highest BCUT2D eigenvalue weighted by Crippen LogP contribution is 2.30. The second kappa shape index (κ2) is 6.63. The lowest BCUT2D eigenvalue weighted by molar-refractivity contribution is -0.120. The number of carbonyl (C=O) groups excluding carboxylic acids is 1. The predicted molar refractivity (Wildman–Crippen MR) is 74.0 cm³/mol. The van der Waals surface area contributed by atoms with Crippen LogP contribution in [0.25, 0.3) is 0 Å². The maximum absolute atomic E-state index is 11.2. The van der Waals surface area contributed by atoms with Crippen molar-refractivity contribution in [1.29, 1.82) is 0 Å². The molecule has 0 aliphatic carbocycles. The number of carbonyl (C=O) groups is 1. The Balaban J connectivity index is 2.84. The molecule has 1 aromatic heterocycles. The van der Waals surface area contributed by atoms with Gasteiger partial charge in [0.15, 0.2) is 5.82 Å². The van der Waals surface area contributed by atoms with Crippen LogP contribution in [0.15, 0.2) is 6.07 Å². The van der Waals surface area contributed by atoms with E-state index in [0.717, 1.165) is 0 Å². The molecule has 1 rings (SSSR count). The lowest BCUT2D eigenvalue weighted by atomic mass is 10.3. The SMILES string of the molecule is CNC(=O)CCN(C)c1nc(NN)c(Cl)cc1Cl. The molecule has 4 N–H and O–H groups in total. The van der Waals surface area contributed by atoms with E-state index in [4.69, 9.17) is 29.0 Å². The fourth-order valence-electron chi connectivity index (χ4n) is 1.33. The number of amides is 1. The number of halogens is 2. The van der Waals surface area contributed by atoms with Gasteiger partial charge in [-0.1, -0.05) is 23.2 Å². The number of hydrogen-bond donors (Lipinski definition) is 3. The van der Waals surface area contributed by atoms with Gasteiger partial charge in [-0.25, -0.2) is 10.8 Å². The monoisotopic (exact) mass is 291 g/mol. The molecular formula is C10H15Cl2N5O. The van der Waals surface area contributed by atoms with Crippen molar-refractivity contribution >= 4 is 40.7 Å².